The first-order valence-corrected chi connectivity index (χ1v) is 7.74. The van der Waals surface area contributed by atoms with E-state index in [-0.39, 0.29) is 17.0 Å². The van der Waals surface area contributed by atoms with Crippen LogP contribution in [0.1, 0.15) is 43.0 Å². The van der Waals surface area contributed by atoms with Gasteiger partial charge in [-0.1, -0.05) is 35.7 Å². The van der Waals surface area contributed by atoms with Gasteiger partial charge in [-0.15, -0.1) is 0 Å². The minimum atomic E-state index is -0.196. The molecule has 1 aliphatic carbocycles. The fourth-order valence-corrected chi connectivity index (χ4v) is 3.44. The quantitative estimate of drug-likeness (QED) is 0.838. The molecule has 19 heavy (non-hydrogen) atoms. The van der Waals surface area contributed by atoms with E-state index in [2.05, 4.69) is 33.2 Å². The zero-order valence-electron chi connectivity index (χ0n) is 11.0. The molecular formula is C14H19BrN2O2. The number of carbonyl (C=O) groups excluding carboxylic acids is 1. The Morgan fingerprint density at radius 3 is 2.95 bits per heavy atom. The van der Waals surface area contributed by atoms with Crippen molar-refractivity contribution in [1.29, 1.82) is 0 Å². The number of amides is 1. The number of aromatic amines is 1. The molecule has 1 aromatic heterocycles. The molecule has 2 N–H and O–H groups in total. The average molecular weight is 327 g/mol. The second-order valence-corrected chi connectivity index (χ2v) is 6.07. The number of hydrogen-bond donors (Lipinski definition) is 2. The highest BCUT2D eigenvalue weighted by atomic mass is 79.9. The Bertz CT molecular complexity index is 494. The van der Waals surface area contributed by atoms with E-state index in [0.29, 0.717) is 11.5 Å². The van der Waals surface area contributed by atoms with Gasteiger partial charge in [0.2, 0.25) is 5.56 Å². The summed E-state index contributed by atoms with van der Waals surface area (Å²) >= 11 is 3.54. The maximum Gasteiger partial charge on any atom is 0.253 e. The summed E-state index contributed by atoms with van der Waals surface area (Å²) in [5.41, 5.74) is 0.140. The third-order valence-corrected chi connectivity index (χ3v) is 4.85. The van der Waals surface area contributed by atoms with Crippen LogP contribution < -0.4 is 10.9 Å². The van der Waals surface area contributed by atoms with Crippen molar-refractivity contribution in [2.45, 2.75) is 38.1 Å². The fraction of sp³-hybridized carbons (Fsp3) is 0.571. The monoisotopic (exact) mass is 326 g/mol. The third-order valence-electron chi connectivity index (χ3n) is 3.77. The van der Waals surface area contributed by atoms with Gasteiger partial charge in [-0.25, -0.2) is 0 Å². The van der Waals surface area contributed by atoms with Crippen molar-refractivity contribution in [1.82, 2.24) is 10.3 Å². The van der Waals surface area contributed by atoms with Crippen LogP contribution in [0.15, 0.2) is 23.1 Å². The minimum Gasteiger partial charge on any atom is -0.346 e. The Morgan fingerprint density at radius 1 is 1.58 bits per heavy atom. The number of hydrogen-bond acceptors (Lipinski definition) is 2. The van der Waals surface area contributed by atoms with Crippen LogP contribution in [0, 0.1) is 5.92 Å². The van der Waals surface area contributed by atoms with E-state index < -0.39 is 0 Å². The summed E-state index contributed by atoms with van der Waals surface area (Å²) < 4.78 is 0. The maximum absolute atomic E-state index is 12.2. The second kappa shape index (κ2) is 5.90. The topological polar surface area (TPSA) is 62.0 Å². The van der Waals surface area contributed by atoms with Gasteiger partial charge in [0.1, 0.15) is 0 Å². The van der Waals surface area contributed by atoms with Crippen LogP contribution in [-0.4, -0.2) is 21.8 Å². The molecule has 4 nitrogen and oxygen atoms in total. The van der Waals surface area contributed by atoms with E-state index in [1.165, 1.54) is 18.7 Å². The highest BCUT2D eigenvalue weighted by molar-refractivity contribution is 9.09. The van der Waals surface area contributed by atoms with E-state index in [0.717, 1.165) is 24.6 Å². The Kier molecular flexibility index (Phi) is 4.45. The van der Waals surface area contributed by atoms with Crippen LogP contribution in [0.5, 0.6) is 0 Å². The van der Waals surface area contributed by atoms with Crippen molar-refractivity contribution in [3.05, 3.63) is 34.2 Å². The molecule has 1 aliphatic rings. The molecule has 2 atom stereocenters. The first-order valence-electron chi connectivity index (χ1n) is 6.62. The summed E-state index contributed by atoms with van der Waals surface area (Å²) in [4.78, 5) is 25.8. The van der Waals surface area contributed by atoms with E-state index in [9.17, 15) is 9.59 Å². The van der Waals surface area contributed by atoms with Gasteiger partial charge >= 0.3 is 0 Å². The molecule has 1 aromatic rings. The molecule has 1 heterocycles. The number of nitrogens with one attached hydrogen (secondary N) is 2. The first-order chi connectivity index (χ1) is 9.04. The van der Waals surface area contributed by atoms with Gasteiger partial charge in [-0.3, -0.25) is 9.59 Å². The Morgan fingerprint density at radius 2 is 2.37 bits per heavy atom. The number of aromatic nitrogens is 1. The molecule has 5 heteroatoms. The molecule has 0 bridgehead atoms. The lowest BCUT2D eigenvalue weighted by Crippen LogP contribution is -2.52. The van der Waals surface area contributed by atoms with E-state index >= 15 is 0 Å². The lowest BCUT2D eigenvalue weighted by atomic mass is 9.77. The van der Waals surface area contributed by atoms with Crippen LogP contribution >= 0.6 is 15.9 Å². The van der Waals surface area contributed by atoms with Crippen LogP contribution in [0.25, 0.3) is 0 Å². The van der Waals surface area contributed by atoms with E-state index in [4.69, 9.17) is 0 Å². The number of rotatable bonds is 3. The normalized spacial score (nSPS) is 26.9. The van der Waals surface area contributed by atoms with E-state index in [1.807, 2.05) is 0 Å². The predicted molar refractivity (Wildman–Crippen MR) is 78.7 cm³/mol. The van der Waals surface area contributed by atoms with Gasteiger partial charge in [-0.2, -0.15) is 0 Å². The highest BCUT2D eigenvalue weighted by Gasteiger charge is 2.35. The van der Waals surface area contributed by atoms with Crippen LogP contribution in [0.4, 0.5) is 0 Å². The molecule has 1 saturated carbocycles. The molecular weight excluding hydrogens is 308 g/mol. The Hall–Kier alpha value is -1.10. The van der Waals surface area contributed by atoms with Gasteiger partial charge in [0.05, 0.1) is 11.1 Å². The Labute approximate surface area is 121 Å². The van der Waals surface area contributed by atoms with Gasteiger partial charge in [0.25, 0.3) is 5.91 Å². The largest absolute Gasteiger partial charge is 0.346 e. The average Bonchev–Trinajstić information content (AvgIpc) is 2.39. The molecule has 0 aromatic carbocycles. The highest BCUT2D eigenvalue weighted by Crippen LogP contribution is 2.33. The zero-order chi connectivity index (χ0) is 13.9. The van der Waals surface area contributed by atoms with Crippen molar-refractivity contribution >= 4 is 21.8 Å². The number of carbonyl (C=O) groups is 1. The minimum absolute atomic E-state index is 0.121. The van der Waals surface area contributed by atoms with Crippen molar-refractivity contribution in [2.75, 3.05) is 5.33 Å². The fourth-order valence-electron chi connectivity index (χ4n) is 2.79. The van der Waals surface area contributed by atoms with Crippen molar-refractivity contribution in [3.8, 4) is 0 Å². The third kappa shape index (κ3) is 3.47. The molecule has 104 valence electrons. The van der Waals surface area contributed by atoms with Gasteiger partial charge in [-0.05, 0) is 24.8 Å². The number of pyridine rings is 1. The molecule has 1 fully saturated rings. The van der Waals surface area contributed by atoms with Crippen LogP contribution in [0.2, 0.25) is 0 Å². The maximum atomic E-state index is 12.2. The standard InChI is InChI=1S/C14H19BrN2O2/c1-10-3-2-6-14(7-10,9-15)17-13(19)11-4-5-12(18)16-8-11/h4-5,8,10H,2-3,6-7,9H2,1H3,(H,16,18)(H,17,19). The number of alkyl halides is 1. The second-order valence-electron chi connectivity index (χ2n) is 5.51. The van der Waals surface area contributed by atoms with Gasteiger partial charge in [0, 0.05) is 17.6 Å². The summed E-state index contributed by atoms with van der Waals surface area (Å²) in [6, 6.07) is 2.93. The number of H-pyrrole nitrogens is 1. The van der Waals surface area contributed by atoms with Gasteiger partial charge in [0.15, 0.2) is 0 Å². The lowest BCUT2D eigenvalue weighted by Gasteiger charge is -2.39. The van der Waals surface area contributed by atoms with Crippen molar-refractivity contribution < 1.29 is 4.79 Å². The molecule has 2 rings (SSSR count). The summed E-state index contributed by atoms with van der Waals surface area (Å²) in [6.07, 6.45) is 5.82. The zero-order valence-corrected chi connectivity index (χ0v) is 12.6. The summed E-state index contributed by atoms with van der Waals surface area (Å²) in [5, 5.41) is 3.90. The molecule has 0 aliphatic heterocycles. The summed E-state index contributed by atoms with van der Waals surface area (Å²) in [6.45, 7) is 2.22. The molecule has 0 spiro atoms. The summed E-state index contributed by atoms with van der Waals surface area (Å²) in [7, 11) is 0. The van der Waals surface area contributed by atoms with Crippen molar-refractivity contribution in [3.63, 3.8) is 0 Å². The van der Waals surface area contributed by atoms with E-state index in [1.54, 1.807) is 6.07 Å². The molecule has 0 saturated heterocycles. The van der Waals surface area contributed by atoms with Crippen molar-refractivity contribution in [2.24, 2.45) is 5.92 Å². The summed E-state index contributed by atoms with van der Waals surface area (Å²) in [5.74, 6) is 0.506. The Balaban J connectivity index is 2.11. The SMILES string of the molecule is CC1CCCC(CBr)(NC(=O)c2ccc(=O)[nH]c2)C1. The van der Waals surface area contributed by atoms with Crippen LogP contribution in [0.3, 0.4) is 0 Å². The lowest BCUT2D eigenvalue weighted by molar-refractivity contribution is 0.0869. The predicted octanol–water partition coefficient (Wildman–Crippen LogP) is 2.45. The smallest absolute Gasteiger partial charge is 0.253 e. The van der Waals surface area contributed by atoms with Crippen LogP contribution in [-0.2, 0) is 0 Å². The molecule has 0 radical (unpaired) electrons. The molecule has 2 unspecified atom stereocenters. The number of halogens is 1. The first kappa shape index (κ1) is 14.3. The molecule has 1 amide bonds. The van der Waals surface area contributed by atoms with Gasteiger partial charge < -0.3 is 10.3 Å².